The van der Waals surface area contributed by atoms with Crippen LogP contribution in [0.3, 0.4) is 0 Å². The van der Waals surface area contributed by atoms with E-state index in [1.807, 2.05) is 20.8 Å². The molecule has 0 aromatic carbocycles. The van der Waals surface area contributed by atoms with Gasteiger partial charge in [0.25, 0.3) is 0 Å². The molecule has 0 bridgehead atoms. The highest BCUT2D eigenvalue weighted by Gasteiger charge is 2.39. The van der Waals surface area contributed by atoms with Crippen LogP contribution in [0.1, 0.15) is 60.3 Å². The number of ether oxygens (including phenoxy) is 1. The molecule has 0 aliphatic carbocycles. The van der Waals surface area contributed by atoms with Gasteiger partial charge in [0.1, 0.15) is 0 Å². The standard InChI is InChI=1S/C15H34O4Si/c1-6-13-16-15(5)12-10-11-14-20(17-7-2,18-8-3)19-9-4/h15H,6-14H2,1-5H3. The van der Waals surface area contributed by atoms with Crippen molar-refractivity contribution in [1.82, 2.24) is 0 Å². The summed E-state index contributed by atoms with van der Waals surface area (Å²) < 4.78 is 23.2. The normalized spacial score (nSPS) is 13.7. The van der Waals surface area contributed by atoms with Crippen LogP contribution in [-0.4, -0.2) is 41.3 Å². The number of hydrogen-bond donors (Lipinski definition) is 0. The third-order valence-electron chi connectivity index (χ3n) is 3.04. The molecule has 0 saturated carbocycles. The van der Waals surface area contributed by atoms with E-state index in [4.69, 9.17) is 18.0 Å². The lowest BCUT2D eigenvalue weighted by atomic mass is 10.2. The summed E-state index contributed by atoms with van der Waals surface area (Å²) in [6.07, 6.45) is 4.73. The van der Waals surface area contributed by atoms with Gasteiger partial charge in [0.2, 0.25) is 0 Å². The van der Waals surface area contributed by atoms with Crippen molar-refractivity contribution in [3.05, 3.63) is 0 Å². The van der Waals surface area contributed by atoms with E-state index in [1.54, 1.807) is 0 Å². The lowest BCUT2D eigenvalue weighted by Crippen LogP contribution is -2.45. The van der Waals surface area contributed by atoms with Gasteiger partial charge < -0.3 is 18.0 Å². The van der Waals surface area contributed by atoms with Crippen molar-refractivity contribution in [3.8, 4) is 0 Å². The Balaban J connectivity index is 4.05. The molecule has 0 amide bonds. The van der Waals surface area contributed by atoms with Gasteiger partial charge in [-0.05, 0) is 47.0 Å². The first-order chi connectivity index (χ1) is 9.64. The number of hydrogen-bond acceptors (Lipinski definition) is 4. The van der Waals surface area contributed by atoms with Gasteiger partial charge in [0.05, 0.1) is 6.10 Å². The largest absolute Gasteiger partial charge is 0.500 e. The minimum Gasteiger partial charge on any atom is -0.379 e. The fourth-order valence-corrected chi connectivity index (χ4v) is 4.86. The Labute approximate surface area is 126 Å². The lowest BCUT2D eigenvalue weighted by Gasteiger charge is -2.28. The Hall–Kier alpha value is 0.0569. The molecule has 0 spiro atoms. The molecule has 0 aromatic rings. The van der Waals surface area contributed by atoms with E-state index in [9.17, 15) is 0 Å². The molecule has 5 heteroatoms. The zero-order chi connectivity index (χ0) is 15.3. The van der Waals surface area contributed by atoms with Crippen molar-refractivity contribution in [1.29, 1.82) is 0 Å². The molecule has 1 atom stereocenters. The SMILES string of the molecule is CCCOC(C)CCCC[Si](OCC)(OCC)OCC. The summed E-state index contributed by atoms with van der Waals surface area (Å²) >= 11 is 0. The van der Waals surface area contributed by atoms with Gasteiger partial charge in [-0.2, -0.15) is 0 Å². The van der Waals surface area contributed by atoms with E-state index in [-0.39, 0.29) is 0 Å². The summed E-state index contributed by atoms with van der Waals surface area (Å²) in [7, 11) is -2.43. The summed E-state index contributed by atoms with van der Waals surface area (Å²) in [6.45, 7) is 13.1. The van der Waals surface area contributed by atoms with Crippen LogP contribution in [0.5, 0.6) is 0 Å². The second-order valence-electron chi connectivity index (χ2n) is 4.91. The third kappa shape index (κ3) is 9.08. The van der Waals surface area contributed by atoms with Gasteiger partial charge in [0.15, 0.2) is 0 Å². The molecule has 0 fully saturated rings. The van der Waals surface area contributed by atoms with E-state index in [0.717, 1.165) is 38.3 Å². The molecule has 0 N–H and O–H groups in total. The molecule has 4 nitrogen and oxygen atoms in total. The topological polar surface area (TPSA) is 36.9 Å². The first-order valence-corrected chi connectivity index (χ1v) is 10.1. The maximum atomic E-state index is 5.85. The quantitative estimate of drug-likeness (QED) is 0.359. The van der Waals surface area contributed by atoms with Gasteiger partial charge in [-0.15, -0.1) is 0 Å². The average Bonchev–Trinajstić information content (AvgIpc) is 2.42. The maximum absolute atomic E-state index is 5.85. The molecule has 122 valence electrons. The van der Waals surface area contributed by atoms with Crippen LogP contribution in [0.4, 0.5) is 0 Å². The molecule has 20 heavy (non-hydrogen) atoms. The van der Waals surface area contributed by atoms with Crippen LogP contribution in [-0.2, 0) is 18.0 Å². The highest BCUT2D eigenvalue weighted by atomic mass is 28.4. The van der Waals surface area contributed by atoms with Crippen molar-refractivity contribution in [2.75, 3.05) is 26.4 Å². The van der Waals surface area contributed by atoms with E-state index in [2.05, 4.69) is 13.8 Å². The zero-order valence-electron chi connectivity index (χ0n) is 14.1. The number of unbranched alkanes of at least 4 members (excludes halogenated alkanes) is 1. The molecular formula is C15H34O4Si. The maximum Gasteiger partial charge on any atom is 0.500 e. The second-order valence-corrected chi connectivity index (χ2v) is 7.64. The molecule has 0 aliphatic rings. The van der Waals surface area contributed by atoms with Gasteiger partial charge >= 0.3 is 8.80 Å². The highest BCUT2D eigenvalue weighted by molar-refractivity contribution is 6.60. The van der Waals surface area contributed by atoms with Crippen LogP contribution in [0, 0.1) is 0 Å². The first-order valence-electron chi connectivity index (χ1n) is 8.17. The van der Waals surface area contributed by atoms with Gasteiger partial charge in [-0.3, -0.25) is 0 Å². The molecule has 0 aromatic heterocycles. The molecule has 1 unspecified atom stereocenters. The van der Waals surface area contributed by atoms with Crippen molar-refractivity contribution in [3.63, 3.8) is 0 Å². The molecular weight excluding hydrogens is 272 g/mol. The first kappa shape index (κ1) is 20.1. The monoisotopic (exact) mass is 306 g/mol. The van der Waals surface area contributed by atoms with Crippen LogP contribution >= 0.6 is 0 Å². The summed E-state index contributed by atoms with van der Waals surface area (Å²) in [5, 5.41) is 0. The predicted molar refractivity (Wildman–Crippen MR) is 85.0 cm³/mol. The summed E-state index contributed by atoms with van der Waals surface area (Å²) in [6, 6.07) is 0.906. The van der Waals surface area contributed by atoms with Crippen molar-refractivity contribution in [2.45, 2.75) is 72.5 Å². The van der Waals surface area contributed by atoms with E-state index in [1.165, 1.54) is 0 Å². The third-order valence-corrected chi connectivity index (χ3v) is 6.19. The zero-order valence-corrected chi connectivity index (χ0v) is 15.1. The van der Waals surface area contributed by atoms with E-state index >= 15 is 0 Å². The van der Waals surface area contributed by atoms with E-state index < -0.39 is 8.80 Å². The molecule has 0 saturated heterocycles. The van der Waals surface area contributed by atoms with Crippen LogP contribution < -0.4 is 0 Å². The lowest BCUT2D eigenvalue weighted by molar-refractivity contribution is 0.0566. The molecule has 0 rings (SSSR count). The summed E-state index contributed by atoms with van der Waals surface area (Å²) in [5.41, 5.74) is 0. The Kier molecular flexibility index (Phi) is 12.8. The van der Waals surface area contributed by atoms with Crippen LogP contribution in [0.2, 0.25) is 6.04 Å². The van der Waals surface area contributed by atoms with Crippen LogP contribution in [0.15, 0.2) is 0 Å². The van der Waals surface area contributed by atoms with Crippen molar-refractivity contribution < 1.29 is 18.0 Å². The Morgan fingerprint density at radius 1 is 0.850 bits per heavy atom. The van der Waals surface area contributed by atoms with Gasteiger partial charge in [-0.1, -0.05) is 13.3 Å². The fourth-order valence-electron chi connectivity index (χ4n) is 2.18. The van der Waals surface area contributed by atoms with Crippen molar-refractivity contribution in [2.24, 2.45) is 0 Å². The Morgan fingerprint density at radius 3 is 1.85 bits per heavy atom. The minimum atomic E-state index is -2.43. The highest BCUT2D eigenvalue weighted by Crippen LogP contribution is 2.20. The average molecular weight is 307 g/mol. The number of rotatable bonds is 14. The van der Waals surface area contributed by atoms with Crippen molar-refractivity contribution >= 4 is 8.80 Å². The Morgan fingerprint density at radius 2 is 1.40 bits per heavy atom. The second kappa shape index (κ2) is 12.8. The van der Waals surface area contributed by atoms with Gasteiger partial charge in [0, 0.05) is 32.5 Å². The predicted octanol–water partition coefficient (Wildman–Crippen LogP) is 4.02. The summed E-state index contributed by atoms with van der Waals surface area (Å²) in [4.78, 5) is 0. The smallest absolute Gasteiger partial charge is 0.379 e. The molecule has 0 aliphatic heterocycles. The molecule has 0 heterocycles. The van der Waals surface area contributed by atoms with Crippen LogP contribution in [0.25, 0.3) is 0 Å². The van der Waals surface area contributed by atoms with Gasteiger partial charge in [-0.25, -0.2) is 0 Å². The molecule has 0 radical (unpaired) electrons. The van der Waals surface area contributed by atoms with E-state index in [0.29, 0.717) is 25.9 Å². The Bertz CT molecular complexity index is 197. The minimum absolute atomic E-state index is 0.345. The summed E-state index contributed by atoms with van der Waals surface area (Å²) in [5.74, 6) is 0. The fraction of sp³-hybridized carbons (Fsp3) is 1.00.